The van der Waals surface area contributed by atoms with Crippen molar-refractivity contribution in [1.82, 2.24) is 15.4 Å². The predicted molar refractivity (Wildman–Crippen MR) is 66.7 cm³/mol. The maximum atomic E-state index is 9.60. The first-order chi connectivity index (χ1) is 8.48. The highest BCUT2D eigenvalue weighted by atomic mass is 16.5. The summed E-state index contributed by atoms with van der Waals surface area (Å²) in [6.45, 7) is 5.92. The summed E-state index contributed by atoms with van der Waals surface area (Å²) in [5.41, 5.74) is 2.09. The average Bonchev–Trinajstić information content (AvgIpc) is 2.75. The van der Waals surface area contributed by atoms with Gasteiger partial charge in [0.2, 0.25) is 0 Å². The van der Waals surface area contributed by atoms with E-state index < -0.39 is 0 Å². The molecule has 2 N–H and O–H groups in total. The molecule has 1 aromatic heterocycles. The summed E-state index contributed by atoms with van der Waals surface area (Å²) < 4.78 is 4.55. The van der Waals surface area contributed by atoms with Crippen LogP contribution in [0.1, 0.15) is 26.3 Å². The number of H-pyrrole nitrogens is 1. The molecule has 6 heteroatoms. The van der Waals surface area contributed by atoms with Gasteiger partial charge in [0, 0.05) is 5.56 Å². The maximum Gasteiger partial charge on any atom is 0.293 e. The predicted octanol–water partition coefficient (Wildman–Crippen LogP) is 1.41. The lowest BCUT2D eigenvalue weighted by Gasteiger charge is -2.14. The number of carbonyl (C=O) groups excluding carboxylic acids is 1. The lowest BCUT2D eigenvalue weighted by Crippen LogP contribution is -2.17. The molecule has 0 saturated carbocycles. The molecular weight excluding hydrogens is 234 g/mol. The summed E-state index contributed by atoms with van der Waals surface area (Å²) >= 11 is 0. The van der Waals surface area contributed by atoms with Crippen LogP contribution in [-0.2, 0) is 16.1 Å². The van der Waals surface area contributed by atoms with Gasteiger partial charge in [-0.3, -0.25) is 9.89 Å². The number of aromatic amines is 1. The SMILES string of the molecule is CC(C)(C)OC=O.OCc1cccc2[nH]nnc12. The van der Waals surface area contributed by atoms with E-state index in [4.69, 9.17) is 5.11 Å². The number of aromatic nitrogens is 3. The third-order valence-corrected chi connectivity index (χ3v) is 2.01. The lowest BCUT2D eigenvalue weighted by molar-refractivity contribution is -0.138. The Bertz CT molecular complexity index is 502. The first kappa shape index (κ1) is 14.1. The molecule has 6 nitrogen and oxygen atoms in total. The molecule has 0 aliphatic carbocycles. The summed E-state index contributed by atoms with van der Waals surface area (Å²) in [5.74, 6) is 0. The fraction of sp³-hybridized carbons (Fsp3) is 0.417. The highest BCUT2D eigenvalue weighted by Crippen LogP contribution is 2.12. The van der Waals surface area contributed by atoms with E-state index in [1.165, 1.54) is 0 Å². The number of ether oxygens (including phenoxy) is 1. The van der Waals surface area contributed by atoms with Gasteiger partial charge in [0.15, 0.2) is 0 Å². The normalized spacial score (nSPS) is 10.7. The number of aliphatic hydroxyl groups is 1. The van der Waals surface area contributed by atoms with Crippen molar-refractivity contribution in [2.24, 2.45) is 0 Å². The van der Waals surface area contributed by atoms with Gasteiger partial charge in [0.25, 0.3) is 6.47 Å². The van der Waals surface area contributed by atoms with E-state index in [1.54, 1.807) is 0 Å². The summed E-state index contributed by atoms with van der Waals surface area (Å²) in [5, 5.41) is 19.0. The molecule has 2 aromatic rings. The smallest absolute Gasteiger partial charge is 0.293 e. The molecule has 2 rings (SSSR count). The minimum atomic E-state index is -0.318. The summed E-state index contributed by atoms with van der Waals surface area (Å²) in [6.07, 6.45) is 0. The van der Waals surface area contributed by atoms with E-state index in [2.05, 4.69) is 20.1 Å². The molecule has 0 saturated heterocycles. The van der Waals surface area contributed by atoms with Gasteiger partial charge in [-0.15, -0.1) is 5.10 Å². The molecule has 0 aliphatic heterocycles. The number of hydrogen-bond acceptors (Lipinski definition) is 5. The van der Waals surface area contributed by atoms with Crippen molar-refractivity contribution in [2.75, 3.05) is 0 Å². The minimum absolute atomic E-state index is 0.00384. The van der Waals surface area contributed by atoms with Gasteiger partial charge in [0.05, 0.1) is 12.1 Å². The van der Waals surface area contributed by atoms with Gasteiger partial charge in [-0.25, -0.2) is 0 Å². The van der Waals surface area contributed by atoms with Crippen LogP contribution in [0.4, 0.5) is 0 Å². The van der Waals surface area contributed by atoms with Gasteiger partial charge in [-0.05, 0) is 26.8 Å². The van der Waals surface area contributed by atoms with Gasteiger partial charge >= 0.3 is 0 Å². The molecule has 0 aliphatic rings. The number of rotatable bonds is 2. The van der Waals surface area contributed by atoms with Crippen molar-refractivity contribution >= 4 is 17.5 Å². The number of hydrogen-bond donors (Lipinski definition) is 2. The van der Waals surface area contributed by atoms with Gasteiger partial charge in [-0.2, -0.15) is 0 Å². The van der Waals surface area contributed by atoms with Crippen molar-refractivity contribution < 1.29 is 14.6 Å². The highest BCUT2D eigenvalue weighted by molar-refractivity contribution is 5.76. The number of aliphatic hydroxyl groups excluding tert-OH is 1. The second kappa shape index (κ2) is 6.11. The van der Waals surface area contributed by atoms with E-state index in [1.807, 2.05) is 39.0 Å². The van der Waals surface area contributed by atoms with Crippen molar-refractivity contribution in [1.29, 1.82) is 0 Å². The van der Waals surface area contributed by atoms with E-state index >= 15 is 0 Å². The van der Waals surface area contributed by atoms with Gasteiger partial charge in [-0.1, -0.05) is 17.3 Å². The first-order valence-corrected chi connectivity index (χ1v) is 5.49. The fourth-order valence-electron chi connectivity index (χ4n) is 1.20. The van der Waals surface area contributed by atoms with Crippen LogP contribution in [0.2, 0.25) is 0 Å². The zero-order valence-electron chi connectivity index (χ0n) is 10.7. The van der Waals surface area contributed by atoms with Crippen LogP contribution >= 0.6 is 0 Å². The van der Waals surface area contributed by atoms with Gasteiger partial charge < -0.3 is 9.84 Å². The second-order valence-corrected chi connectivity index (χ2v) is 4.61. The Kier molecular flexibility index (Phi) is 4.79. The molecule has 18 heavy (non-hydrogen) atoms. The summed E-state index contributed by atoms with van der Waals surface area (Å²) in [7, 11) is 0. The monoisotopic (exact) mass is 251 g/mol. The number of fused-ring (bicyclic) bond motifs is 1. The van der Waals surface area contributed by atoms with Crippen LogP contribution in [-0.4, -0.2) is 32.6 Å². The Labute approximate surface area is 105 Å². The topological polar surface area (TPSA) is 88.1 Å². The van der Waals surface area contributed by atoms with E-state index in [-0.39, 0.29) is 12.2 Å². The molecule has 0 radical (unpaired) electrons. The molecular formula is C12H17N3O3. The number of benzene rings is 1. The Balaban J connectivity index is 0.000000203. The number of nitrogens with zero attached hydrogens (tertiary/aromatic N) is 2. The molecule has 0 fully saturated rings. The summed E-state index contributed by atoms with van der Waals surface area (Å²) in [6, 6.07) is 5.55. The van der Waals surface area contributed by atoms with Crippen molar-refractivity contribution in [2.45, 2.75) is 33.0 Å². The van der Waals surface area contributed by atoms with Crippen LogP contribution in [0, 0.1) is 0 Å². The molecule has 1 heterocycles. The quantitative estimate of drug-likeness (QED) is 0.788. The minimum Gasteiger partial charge on any atom is -0.462 e. The van der Waals surface area contributed by atoms with Crippen LogP contribution in [0.3, 0.4) is 0 Å². The molecule has 0 atom stereocenters. The Morgan fingerprint density at radius 2 is 2.17 bits per heavy atom. The van der Waals surface area contributed by atoms with Crippen molar-refractivity contribution in [3.8, 4) is 0 Å². The zero-order chi connectivity index (χ0) is 13.6. The zero-order valence-corrected chi connectivity index (χ0v) is 10.7. The Morgan fingerprint density at radius 1 is 1.44 bits per heavy atom. The molecule has 0 spiro atoms. The van der Waals surface area contributed by atoms with Crippen molar-refractivity contribution in [3.63, 3.8) is 0 Å². The third kappa shape index (κ3) is 4.14. The maximum absolute atomic E-state index is 9.60. The van der Waals surface area contributed by atoms with Crippen molar-refractivity contribution in [3.05, 3.63) is 23.8 Å². The second-order valence-electron chi connectivity index (χ2n) is 4.61. The van der Waals surface area contributed by atoms with Crippen LogP contribution in [0.5, 0.6) is 0 Å². The fourth-order valence-corrected chi connectivity index (χ4v) is 1.20. The Morgan fingerprint density at radius 3 is 2.67 bits per heavy atom. The van der Waals surface area contributed by atoms with Crippen LogP contribution in [0.15, 0.2) is 18.2 Å². The van der Waals surface area contributed by atoms with E-state index in [0.29, 0.717) is 6.47 Å². The van der Waals surface area contributed by atoms with E-state index in [9.17, 15) is 4.79 Å². The standard InChI is InChI=1S/C7H7N3O.C5H10O2/c11-4-5-2-1-3-6-7(5)9-10-8-6;1-5(2,3)7-4-6/h1-3,11H,4H2,(H,8,9,10);4H,1-3H3. The lowest BCUT2D eigenvalue weighted by atomic mass is 10.2. The Hall–Kier alpha value is -1.95. The molecule has 0 amide bonds. The molecule has 0 unspecified atom stereocenters. The number of nitrogens with one attached hydrogen (secondary N) is 1. The summed E-state index contributed by atoms with van der Waals surface area (Å²) in [4.78, 5) is 9.60. The van der Waals surface area contributed by atoms with Gasteiger partial charge in [0.1, 0.15) is 11.1 Å². The third-order valence-electron chi connectivity index (χ3n) is 2.01. The first-order valence-electron chi connectivity index (χ1n) is 5.49. The average molecular weight is 251 g/mol. The largest absolute Gasteiger partial charge is 0.462 e. The van der Waals surface area contributed by atoms with Crippen LogP contribution < -0.4 is 0 Å². The molecule has 98 valence electrons. The molecule has 0 bridgehead atoms. The molecule has 1 aromatic carbocycles. The number of carbonyl (C=O) groups is 1. The van der Waals surface area contributed by atoms with E-state index in [0.717, 1.165) is 16.6 Å². The van der Waals surface area contributed by atoms with Crippen LogP contribution in [0.25, 0.3) is 11.0 Å². The highest BCUT2D eigenvalue weighted by Gasteiger charge is 2.07.